The van der Waals surface area contributed by atoms with E-state index in [0.717, 1.165) is 29.6 Å². The average molecular weight is 227 g/mol. The molecule has 1 fully saturated rings. The van der Waals surface area contributed by atoms with E-state index in [-0.39, 0.29) is 0 Å². The highest BCUT2D eigenvalue weighted by Crippen LogP contribution is 2.19. The Morgan fingerprint density at radius 1 is 1.40 bits per heavy atom. The first kappa shape index (κ1) is 11.0. The van der Waals surface area contributed by atoms with Crippen LogP contribution in [0.25, 0.3) is 0 Å². The summed E-state index contributed by atoms with van der Waals surface area (Å²) in [4.78, 5) is 0. The van der Waals surface area contributed by atoms with Crippen LogP contribution >= 0.6 is 11.3 Å². The fourth-order valence-electron chi connectivity index (χ4n) is 1.76. The molecule has 5 heteroatoms. The number of hydrogen-bond acceptors (Lipinski definition) is 5. The molecule has 15 heavy (non-hydrogen) atoms. The molecule has 1 aliphatic heterocycles. The summed E-state index contributed by atoms with van der Waals surface area (Å²) in [5.74, 6) is 0. The van der Waals surface area contributed by atoms with E-state index in [0.29, 0.717) is 6.10 Å². The van der Waals surface area contributed by atoms with Crippen molar-refractivity contribution in [2.75, 3.05) is 13.7 Å². The summed E-state index contributed by atoms with van der Waals surface area (Å²) in [5, 5.41) is 13.5. The topological polar surface area (TPSA) is 47.0 Å². The second-order valence-electron chi connectivity index (χ2n) is 3.81. The molecule has 0 spiro atoms. The standard InChI is InChI=1S/C10H17N3OS/c1-11-7-10-13-12-9(15-10)6-8-4-2-3-5-14-8/h8,11H,2-7H2,1H3. The Morgan fingerprint density at radius 3 is 3.00 bits per heavy atom. The van der Waals surface area contributed by atoms with Crippen molar-refractivity contribution in [1.82, 2.24) is 15.5 Å². The second kappa shape index (κ2) is 5.53. The van der Waals surface area contributed by atoms with E-state index < -0.39 is 0 Å². The van der Waals surface area contributed by atoms with Gasteiger partial charge in [-0.2, -0.15) is 0 Å². The molecule has 1 aliphatic rings. The Balaban J connectivity index is 1.86. The summed E-state index contributed by atoms with van der Waals surface area (Å²) >= 11 is 1.69. The highest BCUT2D eigenvalue weighted by molar-refractivity contribution is 7.11. The predicted octanol–water partition coefficient (Wildman–Crippen LogP) is 1.37. The molecule has 4 nitrogen and oxygen atoms in total. The first-order valence-corrected chi connectivity index (χ1v) is 6.27. The SMILES string of the molecule is CNCc1nnc(CC2CCCCO2)s1. The smallest absolute Gasteiger partial charge is 0.131 e. The number of aromatic nitrogens is 2. The lowest BCUT2D eigenvalue weighted by Crippen LogP contribution is -2.21. The van der Waals surface area contributed by atoms with Crippen molar-refractivity contribution in [3.8, 4) is 0 Å². The lowest BCUT2D eigenvalue weighted by Gasteiger charge is -2.21. The zero-order valence-corrected chi connectivity index (χ0v) is 9.85. The molecule has 2 rings (SSSR count). The predicted molar refractivity (Wildman–Crippen MR) is 60.0 cm³/mol. The van der Waals surface area contributed by atoms with Gasteiger partial charge < -0.3 is 10.1 Å². The van der Waals surface area contributed by atoms with Crippen molar-refractivity contribution in [2.24, 2.45) is 0 Å². The minimum absolute atomic E-state index is 0.370. The third kappa shape index (κ3) is 3.22. The normalized spacial score (nSPS) is 21.8. The molecule has 2 heterocycles. The molecule has 1 aromatic rings. The van der Waals surface area contributed by atoms with Gasteiger partial charge in [-0.1, -0.05) is 0 Å². The van der Waals surface area contributed by atoms with Crippen LogP contribution in [-0.4, -0.2) is 30.0 Å². The van der Waals surface area contributed by atoms with Gasteiger partial charge in [0.25, 0.3) is 0 Å². The van der Waals surface area contributed by atoms with Crippen molar-refractivity contribution in [1.29, 1.82) is 0 Å². The zero-order chi connectivity index (χ0) is 10.5. The number of rotatable bonds is 4. The summed E-state index contributed by atoms with van der Waals surface area (Å²) < 4.78 is 5.67. The molecule has 1 saturated heterocycles. The molecule has 1 unspecified atom stereocenters. The molecule has 1 aromatic heterocycles. The molecule has 1 atom stereocenters. The Kier molecular flexibility index (Phi) is 4.05. The molecule has 0 aromatic carbocycles. The Morgan fingerprint density at radius 2 is 2.27 bits per heavy atom. The van der Waals surface area contributed by atoms with Crippen LogP contribution in [0.4, 0.5) is 0 Å². The van der Waals surface area contributed by atoms with Crippen LogP contribution in [0.15, 0.2) is 0 Å². The molecule has 0 aliphatic carbocycles. The Hall–Kier alpha value is -0.520. The summed E-state index contributed by atoms with van der Waals surface area (Å²) in [6.07, 6.45) is 4.96. The summed E-state index contributed by atoms with van der Waals surface area (Å²) in [6.45, 7) is 1.72. The lowest BCUT2D eigenvalue weighted by atomic mass is 10.1. The number of nitrogens with zero attached hydrogens (tertiary/aromatic N) is 2. The Bertz CT molecular complexity index is 297. The molecule has 0 radical (unpaired) electrons. The highest BCUT2D eigenvalue weighted by Gasteiger charge is 2.16. The molecule has 0 amide bonds. The summed E-state index contributed by atoms with van der Waals surface area (Å²) in [6, 6.07) is 0. The highest BCUT2D eigenvalue weighted by atomic mass is 32.1. The summed E-state index contributed by atoms with van der Waals surface area (Å²) in [5.41, 5.74) is 0. The van der Waals surface area contributed by atoms with E-state index in [1.807, 2.05) is 7.05 Å². The van der Waals surface area contributed by atoms with Crippen molar-refractivity contribution in [2.45, 2.75) is 38.3 Å². The maximum atomic E-state index is 5.67. The monoisotopic (exact) mass is 227 g/mol. The minimum Gasteiger partial charge on any atom is -0.378 e. The van der Waals surface area contributed by atoms with Crippen LogP contribution < -0.4 is 5.32 Å². The van der Waals surface area contributed by atoms with Gasteiger partial charge >= 0.3 is 0 Å². The third-order valence-corrected chi connectivity index (χ3v) is 3.46. The molecule has 84 valence electrons. The summed E-state index contributed by atoms with van der Waals surface area (Å²) in [7, 11) is 1.92. The Labute approximate surface area is 94.1 Å². The fraction of sp³-hybridized carbons (Fsp3) is 0.800. The van der Waals surface area contributed by atoms with Crippen molar-refractivity contribution in [3.63, 3.8) is 0 Å². The van der Waals surface area contributed by atoms with Gasteiger partial charge in [-0.25, -0.2) is 0 Å². The van der Waals surface area contributed by atoms with E-state index in [4.69, 9.17) is 4.74 Å². The molecular weight excluding hydrogens is 210 g/mol. The van der Waals surface area contributed by atoms with Gasteiger partial charge in [0.1, 0.15) is 10.0 Å². The number of ether oxygens (including phenoxy) is 1. The van der Waals surface area contributed by atoms with Gasteiger partial charge in [-0.05, 0) is 26.3 Å². The third-order valence-electron chi connectivity index (χ3n) is 2.51. The number of hydrogen-bond donors (Lipinski definition) is 1. The zero-order valence-electron chi connectivity index (χ0n) is 9.03. The molecule has 0 saturated carbocycles. The molecule has 1 N–H and O–H groups in total. The quantitative estimate of drug-likeness (QED) is 0.844. The van der Waals surface area contributed by atoms with Crippen molar-refractivity contribution >= 4 is 11.3 Å². The average Bonchev–Trinajstić information content (AvgIpc) is 2.68. The lowest BCUT2D eigenvalue weighted by molar-refractivity contribution is 0.0167. The van der Waals surface area contributed by atoms with E-state index in [1.165, 1.54) is 19.3 Å². The van der Waals surface area contributed by atoms with Crippen LogP contribution in [0, 0.1) is 0 Å². The van der Waals surface area contributed by atoms with E-state index >= 15 is 0 Å². The largest absolute Gasteiger partial charge is 0.378 e. The number of nitrogens with one attached hydrogen (secondary N) is 1. The van der Waals surface area contributed by atoms with Crippen molar-refractivity contribution in [3.05, 3.63) is 10.0 Å². The van der Waals surface area contributed by atoms with Gasteiger partial charge in [0.2, 0.25) is 0 Å². The van der Waals surface area contributed by atoms with Gasteiger partial charge in [0, 0.05) is 19.6 Å². The van der Waals surface area contributed by atoms with Gasteiger partial charge in [-0.3, -0.25) is 0 Å². The molecule has 0 bridgehead atoms. The first-order chi connectivity index (χ1) is 7.38. The van der Waals surface area contributed by atoms with Crippen LogP contribution in [0.3, 0.4) is 0 Å². The first-order valence-electron chi connectivity index (χ1n) is 5.46. The van der Waals surface area contributed by atoms with Crippen LogP contribution in [0.2, 0.25) is 0 Å². The van der Waals surface area contributed by atoms with E-state index in [9.17, 15) is 0 Å². The van der Waals surface area contributed by atoms with Gasteiger partial charge in [0.05, 0.1) is 6.10 Å². The molecular formula is C10H17N3OS. The maximum Gasteiger partial charge on any atom is 0.131 e. The van der Waals surface area contributed by atoms with E-state index in [1.54, 1.807) is 11.3 Å². The van der Waals surface area contributed by atoms with Crippen LogP contribution in [0.5, 0.6) is 0 Å². The maximum absolute atomic E-state index is 5.67. The van der Waals surface area contributed by atoms with Crippen LogP contribution in [0.1, 0.15) is 29.3 Å². The second-order valence-corrected chi connectivity index (χ2v) is 4.96. The van der Waals surface area contributed by atoms with Crippen molar-refractivity contribution < 1.29 is 4.74 Å². The van der Waals surface area contributed by atoms with Gasteiger partial charge in [0.15, 0.2) is 0 Å². The minimum atomic E-state index is 0.370. The van der Waals surface area contributed by atoms with Gasteiger partial charge in [-0.15, -0.1) is 21.5 Å². The van der Waals surface area contributed by atoms with Crippen LogP contribution in [-0.2, 0) is 17.7 Å². The van der Waals surface area contributed by atoms with E-state index in [2.05, 4.69) is 15.5 Å². The fourth-order valence-corrected chi connectivity index (χ4v) is 2.68.